The predicted octanol–water partition coefficient (Wildman–Crippen LogP) is 4.37. The van der Waals surface area contributed by atoms with Gasteiger partial charge in [-0.25, -0.2) is 0 Å². The summed E-state index contributed by atoms with van der Waals surface area (Å²) in [5.41, 5.74) is 0.503. The van der Waals surface area contributed by atoms with E-state index in [1.807, 2.05) is 6.92 Å². The normalized spacial score (nSPS) is 16.0. The van der Waals surface area contributed by atoms with Gasteiger partial charge in [0.1, 0.15) is 11.5 Å². The van der Waals surface area contributed by atoms with Crippen LogP contribution in [0, 0.1) is 6.92 Å². The molecule has 4 rings (SSSR count). The van der Waals surface area contributed by atoms with Crippen LogP contribution in [0.2, 0.25) is 0 Å². The van der Waals surface area contributed by atoms with Crippen molar-refractivity contribution in [3.8, 4) is 11.5 Å². The maximum atomic E-state index is 13.3. The Bertz CT molecular complexity index is 1170. The van der Waals surface area contributed by atoms with E-state index in [9.17, 15) is 14.7 Å². The van der Waals surface area contributed by atoms with E-state index in [4.69, 9.17) is 18.3 Å². The highest BCUT2D eigenvalue weighted by Crippen LogP contribution is 2.42. The molecule has 1 unspecified atom stereocenters. The number of aliphatic hydroxyl groups is 1. The number of amides is 1. The largest absolute Gasteiger partial charge is 0.503 e. The highest BCUT2D eigenvalue weighted by molar-refractivity contribution is 6.15. The predicted molar refractivity (Wildman–Crippen MR) is 114 cm³/mol. The molecule has 3 aromatic rings. The molecule has 0 bridgehead atoms. The fourth-order valence-corrected chi connectivity index (χ4v) is 3.78. The molecule has 0 saturated carbocycles. The molecule has 1 aromatic carbocycles. The zero-order valence-electron chi connectivity index (χ0n) is 18.0. The van der Waals surface area contributed by atoms with E-state index in [0.717, 1.165) is 0 Å². The molecule has 2 aromatic heterocycles. The van der Waals surface area contributed by atoms with Gasteiger partial charge in [-0.2, -0.15) is 0 Å². The van der Waals surface area contributed by atoms with Crippen molar-refractivity contribution in [2.75, 3.05) is 13.7 Å². The lowest BCUT2D eigenvalue weighted by Gasteiger charge is -2.26. The maximum Gasteiger partial charge on any atom is 0.290 e. The summed E-state index contributed by atoms with van der Waals surface area (Å²) in [5, 5.41) is 10.7. The quantitative estimate of drug-likeness (QED) is 0.522. The maximum absolute atomic E-state index is 13.3. The molecule has 1 amide bonds. The second-order valence-corrected chi connectivity index (χ2v) is 7.26. The molecule has 0 radical (unpaired) electrons. The lowest BCUT2D eigenvalue weighted by atomic mass is 9.94. The molecule has 1 atom stereocenters. The summed E-state index contributed by atoms with van der Waals surface area (Å²) in [7, 11) is 1.51. The molecule has 0 fully saturated rings. The molecule has 0 aliphatic carbocycles. The summed E-state index contributed by atoms with van der Waals surface area (Å²) in [6.45, 7) is 4.08. The summed E-state index contributed by atoms with van der Waals surface area (Å²) < 4.78 is 21.9. The number of ketones is 1. The Balaban J connectivity index is 1.82. The van der Waals surface area contributed by atoms with E-state index in [-0.39, 0.29) is 17.9 Å². The molecule has 8 heteroatoms. The Morgan fingerprint density at radius 2 is 2.00 bits per heavy atom. The average Bonchev–Trinajstić information content (AvgIpc) is 3.51. The average molecular weight is 437 g/mol. The molecule has 1 N–H and O–H groups in total. The topological polar surface area (TPSA) is 102 Å². The first kappa shape index (κ1) is 21.3. The number of benzene rings is 1. The number of carbonyl (C=O) groups excluding carboxylic acids is 2. The van der Waals surface area contributed by atoms with Gasteiger partial charge >= 0.3 is 0 Å². The van der Waals surface area contributed by atoms with Crippen LogP contribution in [0.3, 0.4) is 0 Å². The minimum absolute atomic E-state index is 0.0413. The number of carbonyl (C=O) groups is 2. The minimum Gasteiger partial charge on any atom is -0.503 e. The molecule has 0 saturated heterocycles. The molecule has 8 nitrogen and oxygen atoms in total. The van der Waals surface area contributed by atoms with E-state index in [1.165, 1.54) is 24.3 Å². The number of ether oxygens (including phenoxy) is 2. The third-order valence-electron chi connectivity index (χ3n) is 5.22. The Labute approximate surface area is 184 Å². The first-order chi connectivity index (χ1) is 15.4. The van der Waals surface area contributed by atoms with Gasteiger partial charge in [0, 0.05) is 0 Å². The van der Waals surface area contributed by atoms with Crippen LogP contribution in [0.4, 0.5) is 0 Å². The van der Waals surface area contributed by atoms with Crippen molar-refractivity contribution in [2.24, 2.45) is 0 Å². The third-order valence-corrected chi connectivity index (χ3v) is 5.22. The van der Waals surface area contributed by atoms with Gasteiger partial charge in [0.15, 0.2) is 23.0 Å². The second-order valence-electron chi connectivity index (χ2n) is 7.26. The number of hydrogen-bond donors (Lipinski definition) is 1. The van der Waals surface area contributed by atoms with Crippen LogP contribution in [-0.2, 0) is 11.3 Å². The van der Waals surface area contributed by atoms with Crippen LogP contribution in [0.1, 0.15) is 40.6 Å². The van der Waals surface area contributed by atoms with Crippen molar-refractivity contribution in [3.05, 3.63) is 82.9 Å². The molecule has 32 heavy (non-hydrogen) atoms. The van der Waals surface area contributed by atoms with Crippen LogP contribution in [0.25, 0.3) is 0 Å². The first-order valence-corrected chi connectivity index (χ1v) is 10.1. The van der Waals surface area contributed by atoms with E-state index >= 15 is 0 Å². The van der Waals surface area contributed by atoms with E-state index in [0.29, 0.717) is 35.2 Å². The summed E-state index contributed by atoms with van der Waals surface area (Å²) >= 11 is 0. The van der Waals surface area contributed by atoms with Crippen LogP contribution < -0.4 is 9.47 Å². The van der Waals surface area contributed by atoms with Gasteiger partial charge in [-0.3, -0.25) is 9.59 Å². The van der Waals surface area contributed by atoms with Crippen molar-refractivity contribution >= 4 is 11.7 Å². The Morgan fingerprint density at radius 1 is 1.19 bits per heavy atom. The van der Waals surface area contributed by atoms with E-state index in [1.54, 1.807) is 43.3 Å². The number of aryl methyl sites for hydroxylation is 1. The van der Waals surface area contributed by atoms with Crippen molar-refractivity contribution in [1.29, 1.82) is 0 Å². The fraction of sp³-hybridized carbons (Fsp3) is 0.250. The molecule has 1 aliphatic heterocycles. The molecule has 1 aliphatic rings. The number of furan rings is 2. The summed E-state index contributed by atoms with van der Waals surface area (Å²) in [6, 6.07) is 10.9. The van der Waals surface area contributed by atoms with Gasteiger partial charge in [-0.15, -0.1) is 0 Å². The van der Waals surface area contributed by atoms with Crippen LogP contribution in [-0.4, -0.2) is 35.4 Å². The standard InChI is InChI=1S/C24H23NO7/c1-4-30-17-10-8-15(12-19(17)29-3)21-20(22(26)18-9-7-14(2)32-18)23(27)24(28)25(21)13-16-6-5-11-31-16/h5-12,21,27H,4,13H2,1-3H3. The van der Waals surface area contributed by atoms with Crippen LogP contribution in [0.15, 0.2) is 68.9 Å². The van der Waals surface area contributed by atoms with Crippen LogP contribution in [0.5, 0.6) is 11.5 Å². The van der Waals surface area contributed by atoms with Gasteiger partial charge in [0.2, 0.25) is 5.78 Å². The molecule has 0 spiro atoms. The number of rotatable bonds is 8. The number of hydrogen-bond acceptors (Lipinski definition) is 7. The van der Waals surface area contributed by atoms with Crippen molar-refractivity contribution in [1.82, 2.24) is 4.90 Å². The van der Waals surface area contributed by atoms with E-state index in [2.05, 4.69) is 0 Å². The van der Waals surface area contributed by atoms with E-state index < -0.39 is 23.5 Å². The van der Waals surface area contributed by atoms with Crippen LogP contribution >= 0.6 is 0 Å². The summed E-state index contributed by atoms with van der Waals surface area (Å²) in [4.78, 5) is 27.7. The van der Waals surface area contributed by atoms with Gasteiger partial charge in [-0.05, 0) is 55.8 Å². The van der Waals surface area contributed by atoms with Crippen molar-refractivity contribution in [2.45, 2.75) is 26.4 Å². The lowest BCUT2D eigenvalue weighted by Crippen LogP contribution is -2.30. The second kappa shape index (κ2) is 8.66. The molecular formula is C24H23NO7. The van der Waals surface area contributed by atoms with Crippen molar-refractivity contribution in [3.63, 3.8) is 0 Å². The number of aliphatic hydroxyl groups excluding tert-OH is 1. The van der Waals surface area contributed by atoms with Gasteiger partial charge in [0.05, 0.1) is 38.1 Å². The third kappa shape index (κ3) is 3.75. The molecular weight excluding hydrogens is 414 g/mol. The van der Waals surface area contributed by atoms with Gasteiger partial charge < -0.3 is 28.3 Å². The molecule has 166 valence electrons. The highest BCUT2D eigenvalue weighted by atomic mass is 16.5. The Kier molecular flexibility index (Phi) is 5.77. The number of methoxy groups -OCH3 is 1. The molecule has 3 heterocycles. The smallest absolute Gasteiger partial charge is 0.290 e. The number of nitrogens with zero attached hydrogens (tertiary/aromatic N) is 1. The minimum atomic E-state index is -0.880. The Morgan fingerprint density at radius 3 is 2.62 bits per heavy atom. The fourth-order valence-electron chi connectivity index (χ4n) is 3.78. The van der Waals surface area contributed by atoms with Gasteiger partial charge in [-0.1, -0.05) is 6.07 Å². The zero-order chi connectivity index (χ0) is 22.8. The summed E-state index contributed by atoms with van der Waals surface area (Å²) in [6.07, 6.45) is 1.50. The van der Waals surface area contributed by atoms with Gasteiger partial charge in [0.25, 0.3) is 5.91 Å². The monoisotopic (exact) mass is 437 g/mol. The highest BCUT2D eigenvalue weighted by Gasteiger charge is 2.45. The zero-order valence-corrected chi connectivity index (χ0v) is 18.0. The lowest BCUT2D eigenvalue weighted by molar-refractivity contribution is -0.130. The Hall–Kier alpha value is -3.94. The summed E-state index contributed by atoms with van der Waals surface area (Å²) in [5.74, 6) is 0.217. The number of Topliss-reactive ketones (excluding diaryl/α,β-unsaturated/α-hetero) is 1. The SMILES string of the molecule is CCOc1ccc(C2C(C(=O)c3ccc(C)o3)=C(O)C(=O)N2Cc2ccco2)cc1OC. The van der Waals surface area contributed by atoms with Crippen molar-refractivity contribution < 1.29 is 33.0 Å². The first-order valence-electron chi connectivity index (χ1n) is 10.1.